The maximum atomic E-state index is 12.5. The van der Waals surface area contributed by atoms with E-state index in [1.807, 2.05) is 27.7 Å². The van der Waals surface area contributed by atoms with Crippen molar-refractivity contribution in [2.24, 2.45) is 11.8 Å². The molecule has 8 nitrogen and oxygen atoms in total. The van der Waals surface area contributed by atoms with Gasteiger partial charge in [0.05, 0.1) is 0 Å². The number of urea groups is 2. The van der Waals surface area contributed by atoms with Gasteiger partial charge in [-0.25, -0.2) is 9.59 Å². The van der Waals surface area contributed by atoms with Gasteiger partial charge in [0.1, 0.15) is 0 Å². The summed E-state index contributed by atoms with van der Waals surface area (Å²) in [4.78, 5) is 38.3. The topological polar surface area (TPSA) is 103 Å². The van der Waals surface area contributed by atoms with Gasteiger partial charge in [0.15, 0.2) is 0 Å². The third-order valence-electron chi connectivity index (χ3n) is 5.22. The van der Waals surface area contributed by atoms with Crippen LogP contribution in [-0.4, -0.2) is 48.5 Å². The van der Waals surface area contributed by atoms with Gasteiger partial charge >= 0.3 is 12.1 Å². The number of piperidine rings is 1. The van der Waals surface area contributed by atoms with Crippen LogP contribution >= 0.6 is 0 Å². The lowest BCUT2D eigenvalue weighted by Crippen LogP contribution is -2.45. The van der Waals surface area contributed by atoms with Crippen molar-refractivity contribution >= 4 is 29.3 Å². The first kappa shape index (κ1) is 23.5. The van der Waals surface area contributed by atoms with E-state index in [1.165, 1.54) is 0 Å². The molecular weight excluding hydrogens is 382 g/mol. The van der Waals surface area contributed by atoms with Gasteiger partial charge < -0.3 is 26.2 Å². The second-order valence-corrected chi connectivity index (χ2v) is 8.32. The molecule has 1 fully saturated rings. The Hall–Kier alpha value is -2.77. The van der Waals surface area contributed by atoms with E-state index >= 15 is 0 Å². The predicted octanol–water partition coefficient (Wildman–Crippen LogP) is 3.62. The van der Waals surface area contributed by atoms with E-state index in [4.69, 9.17) is 0 Å². The number of carbonyl (C=O) groups excluding carboxylic acids is 3. The fraction of sp³-hybridized carbons (Fsp3) is 0.591. The summed E-state index contributed by atoms with van der Waals surface area (Å²) in [5.74, 6) is 0.438. The summed E-state index contributed by atoms with van der Waals surface area (Å²) >= 11 is 0. The number of amides is 5. The minimum atomic E-state index is -0.249. The van der Waals surface area contributed by atoms with Crippen LogP contribution in [0.4, 0.5) is 21.0 Å². The van der Waals surface area contributed by atoms with Crippen molar-refractivity contribution in [2.45, 2.75) is 53.0 Å². The molecule has 1 aliphatic rings. The molecule has 1 aromatic rings. The fourth-order valence-corrected chi connectivity index (χ4v) is 3.12. The Morgan fingerprint density at radius 2 is 1.57 bits per heavy atom. The number of likely N-dealkylation sites (tertiary alicyclic amines) is 1. The fourth-order valence-electron chi connectivity index (χ4n) is 3.12. The zero-order chi connectivity index (χ0) is 22.1. The van der Waals surface area contributed by atoms with Crippen molar-refractivity contribution in [1.82, 2.24) is 15.5 Å². The Kier molecular flexibility index (Phi) is 8.95. The van der Waals surface area contributed by atoms with Gasteiger partial charge in [0.25, 0.3) is 0 Å². The van der Waals surface area contributed by atoms with Crippen LogP contribution in [0.25, 0.3) is 0 Å². The Morgan fingerprint density at radius 1 is 1.00 bits per heavy atom. The average molecular weight is 418 g/mol. The third kappa shape index (κ3) is 7.57. The standard InChI is InChI=1S/C22H35N5O3/c1-5-16(4)24-20(28)17-10-12-27(13-11-17)22(30)26-19-8-6-18(7-9-19)25-21(29)23-14-15(2)3/h6-9,15-17H,5,10-14H2,1-4H3,(H,24,28)(H,26,30)(H2,23,25,29)/t16-/m1/s1. The van der Waals surface area contributed by atoms with E-state index < -0.39 is 0 Å². The maximum absolute atomic E-state index is 12.5. The van der Waals surface area contributed by atoms with Crippen molar-refractivity contribution in [3.63, 3.8) is 0 Å². The Labute approximate surface area is 179 Å². The number of carbonyl (C=O) groups is 3. The molecule has 8 heteroatoms. The largest absolute Gasteiger partial charge is 0.353 e. The van der Waals surface area contributed by atoms with E-state index in [1.54, 1.807) is 29.2 Å². The van der Waals surface area contributed by atoms with Crippen LogP contribution in [0.5, 0.6) is 0 Å². The molecule has 1 heterocycles. The number of anilines is 2. The van der Waals surface area contributed by atoms with Crippen molar-refractivity contribution in [1.29, 1.82) is 0 Å². The summed E-state index contributed by atoms with van der Waals surface area (Å²) < 4.78 is 0. The summed E-state index contributed by atoms with van der Waals surface area (Å²) in [5.41, 5.74) is 1.31. The van der Waals surface area contributed by atoms with Gasteiger partial charge in [-0.15, -0.1) is 0 Å². The SMILES string of the molecule is CC[C@@H](C)NC(=O)C1CCN(C(=O)Nc2ccc(NC(=O)NCC(C)C)cc2)CC1. The van der Waals surface area contributed by atoms with Gasteiger partial charge in [-0.3, -0.25) is 4.79 Å². The smallest absolute Gasteiger partial charge is 0.321 e. The van der Waals surface area contributed by atoms with Crippen LogP contribution < -0.4 is 21.3 Å². The van der Waals surface area contributed by atoms with Crippen LogP contribution in [0.15, 0.2) is 24.3 Å². The molecule has 0 aliphatic carbocycles. The van der Waals surface area contributed by atoms with Gasteiger partial charge in [-0.2, -0.15) is 0 Å². The number of hydrogen-bond acceptors (Lipinski definition) is 3. The predicted molar refractivity (Wildman–Crippen MR) is 120 cm³/mol. The quantitative estimate of drug-likeness (QED) is 0.545. The summed E-state index contributed by atoms with van der Waals surface area (Å²) in [5, 5.41) is 11.5. The normalized spacial score (nSPS) is 15.4. The highest BCUT2D eigenvalue weighted by molar-refractivity contribution is 5.91. The molecule has 0 spiro atoms. The molecule has 0 aromatic heterocycles. The van der Waals surface area contributed by atoms with E-state index in [0.717, 1.165) is 6.42 Å². The molecule has 1 atom stereocenters. The number of benzene rings is 1. The van der Waals surface area contributed by atoms with Gasteiger partial charge in [0.2, 0.25) is 5.91 Å². The summed E-state index contributed by atoms with van der Waals surface area (Å²) in [6.07, 6.45) is 2.25. The monoisotopic (exact) mass is 417 g/mol. The molecule has 0 unspecified atom stereocenters. The third-order valence-corrected chi connectivity index (χ3v) is 5.22. The minimum Gasteiger partial charge on any atom is -0.353 e. The van der Waals surface area contributed by atoms with Crippen LogP contribution in [0.3, 0.4) is 0 Å². The van der Waals surface area contributed by atoms with Crippen LogP contribution in [0.1, 0.15) is 47.0 Å². The summed E-state index contributed by atoms with van der Waals surface area (Å²) in [7, 11) is 0. The van der Waals surface area contributed by atoms with Gasteiger partial charge in [-0.05, 0) is 56.4 Å². The van der Waals surface area contributed by atoms with Gasteiger partial charge in [-0.1, -0.05) is 20.8 Å². The first-order chi connectivity index (χ1) is 14.3. The first-order valence-corrected chi connectivity index (χ1v) is 10.8. The number of nitrogens with one attached hydrogen (secondary N) is 4. The summed E-state index contributed by atoms with van der Waals surface area (Å²) in [6, 6.07) is 6.75. The molecule has 30 heavy (non-hydrogen) atoms. The Bertz CT molecular complexity index is 712. The zero-order valence-corrected chi connectivity index (χ0v) is 18.5. The molecule has 0 saturated carbocycles. The van der Waals surface area contributed by atoms with Crippen LogP contribution in [0, 0.1) is 11.8 Å². The lowest BCUT2D eigenvalue weighted by molar-refractivity contribution is -0.126. The van der Waals surface area contributed by atoms with E-state index in [9.17, 15) is 14.4 Å². The van der Waals surface area contributed by atoms with Crippen molar-refractivity contribution < 1.29 is 14.4 Å². The Morgan fingerprint density at radius 3 is 2.10 bits per heavy atom. The van der Waals surface area contributed by atoms with E-state index in [2.05, 4.69) is 21.3 Å². The molecule has 0 bridgehead atoms. The molecule has 1 saturated heterocycles. The van der Waals surface area contributed by atoms with Crippen LogP contribution in [-0.2, 0) is 4.79 Å². The van der Waals surface area contributed by atoms with Crippen molar-refractivity contribution in [3.05, 3.63) is 24.3 Å². The maximum Gasteiger partial charge on any atom is 0.321 e. The highest BCUT2D eigenvalue weighted by atomic mass is 16.2. The van der Waals surface area contributed by atoms with Crippen LogP contribution in [0.2, 0.25) is 0 Å². The van der Waals surface area contributed by atoms with Crippen molar-refractivity contribution in [3.8, 4) is 0 Å². The number of hydrogen-bond donors (Lipinski definition) is 4. The molecule has 5 amide bonds. The Balaban J connectivity index is 1.77. The number of rotatable bonds is 7. The molecule has 166 valence electrons. The lowest BCUT2D eigenvalue weighted by Gasteiger charge is -2.31. The average Bonchev–Trinajstić information content (AvgIpc) is 2.73. The summed E-state index contributed by atoms with van der Waals surface area (Å²) in [6.45, 7) is 9.82. The molecule has 1 aromatic carbocycles. The second-order valence-electron chi connectivity index (χ2n) is 8.32. The lowest BCUT2D eigenvalue weighted by atomic mass is 9.95. The zero-order valence-electron chi connectivity index (χ0n) is 18.5. The van der Waals surface area contributed by atoms with Crippen molar-refractivity contribution in [2.75, 3.05) is 30.3 Å². The molecule has 4 N–H and O–H groups in total. The molecular formula is C22H35N5O3. The molecule has 2 rings (SSSR count). The van der Waals surface area contributed by atoms with E-state index in [0.29, 0.717) is 49.8 Å². The molecule has 1 aliphatic heterocycles. The van der Waals surface area contributed by atoms with E-state index in [-0.39, 0.29) is 29.9 Å². The minimum absolute atomic E-state index is 0.0322. The molecule has 0 radical (unpaired) electrons. The second kappa shape index (κ2) is 11.4. The first-order valence-electron chi connectivity index (χ1n) is 10.8. The highest BCUT2D eigenvalue weighted by Gasteiger charge is 2.27. The highest BCUT2D eigenvalue weighted by Crippen LogP contribution is 2.20. The van der Waals surface area contributed by atoms with Gasteiger partial charge in [0, 0.05) is 43.0 Å². The number of nitrogens with zero attached hydrogens (tertiary/aromatic N) is 1.